The highest BCUT2D eigenvalue weighted by Gasteiger charge is 2.27. The molecule has 0 radical (unpaired) electrons. The number of carbonyl (C=O) groups is 1. The van der Waals surface area contributed by atoms with Gasteiger partial charge in [0.1, 0.15) is 5.69 Å². The van der Waals surface area contributed by atoms with Gasteiger partial charge in [-0.05, 0) is 24.3 Å². The summed E-state index contributed by atoms with van der Waals surface area (Å²) < 4.78 is 0. The molecule has 1 saturated carbocycles. The van der Waals surface area contributed by atoms with Gasteiger partial charge < -0.3 is 5.32 Å². The molecule has 1 N–H and O–H groups in total. The van der Waals surface area contributed by atoms with Gasteiger partial charge in [-0.15, -0.1) is 0 Å². The Bertz CT molecular complexity index is 609. The highest BCUT2D eigenvalue weighted by molar-refractivity contribution is 9.09. The number of benzene rings is 1. The Hall–Kier alpha value is -1.42. The first-order valence-corrected chi connectivity index (χ1v) is 7.46. The second-order valence-electron chi connectivity index (χ2n) is 4.91. The molecule has 2 unspecified atom stereocenters. The number of rotatable bonds is 2. The standard InChI is InChI=1S/C15H15BrN2O/c16-12-6-3-7-13(12)18-15(19)14-11-5-2-1-4-10(11)8-9-17-14/h1-2,4-5,8-9,12-13H,3,6-7H2,(H,18,19). The van der Waals surface area contributed by atoms with E-state index in [-0.39, 0.29) is 11.9 Å². The van der Waals surface area contributed by atoms with Crippen LogP contribution in [0, 0.1) is 0 Å². The fourth-order valence-electron chi connectivity index (χ4n) is 2.61. The number of nitrogens with one attached hydrogen (secondary N) is 1. The summed E-state index contributed by atoms with van der Waals surface area (Å²) in [6.07, 6.45) is 5.00. The monoisotopic (exact) mass is 318 g/mol. The Morgan fingerprint density at radius 3 is 2.89 bits per heavy atom. The van der Waals surface area contributed by atoms with Crippen LogP contribution in [0.15, 0.2) is 36.5 Å². The van der Waals surface area contributed by atoms with Crippen molar-refractivity contribution in [2.75, 3.05) is 0 Å². The molecule has 19 heavy (non-hydrogen) atoms. The van der Waals surface area contributed by atoms with Gasteiger partial charge in [-0.1, -0.05) is 46.6 Å². The molecule has 2 aromatic rings. The lowest BCUT2D eigenvalue weighted by molar-refractivity contribution is 0.0936. The van der Waals surface area contributed by atoms with Gasteiger partial charge in [-0.2, -0.15) is 0 Å². The average Bonchev–Trinajstić information content (AvgIpc) is 2.83. The van der Waals surface area contributed by atoms with Crippen molar-refractivity contribution < 1.29 is 4.79 Å². The number of alkyl halides is 1. The topological polar surface area (TPSA) is 42.0 Å². The number of nitrogens with zero attached hydrogens (tertiary/aromatic N) is 1. The highest BCUT2D eigenvalue weighted by Crippen LogP contribution is 2.26. The van der Waals surface area contributed by atoms with Crippen LogP contribution in [-0.4, -0.2) is 21.8 Å². The molecule has 2 atom stereocenters. The Labute approximate surface area is 120 Å². The van der Waals surface area contributed by atoms with E-state index in [4.69, 9.17) is 0 Å². The minimum Gasteiger partial charge on any atom is -0.347 e. The lowest BCUT2D eigenvalue weighted by Gasteiger charge is -2.16. The molecule has 0 bridgehead atoms. The van der Waals surface area contributed by atoms with Crippen molar-refractivity contribution in [2.24, 2.45) is 0 Å². The van der Waals surface area contributed by atoms with E-state index < -0.39 is 0 Å². The Morgan fingerprint density at radius 1 is 1.26 bits per heavy atom. The van der Waals surface area contributed by atoms with E-state index in [1.54, 1.807) is 6.20 Å². The van der Waals surface area contributed by atoms with Gasteiger partial charge >= 0.3 is 0 Å². The minimum absolute atomic E-state index is 0.0758. The van der Waals surface area contributed by atoms with Crippen LogP contribution < -0.4 is 5.32 Å². The fraction of sp³-hybridized carbons (Fsp3) is 0.333. The lowest BCUT2D eigenvalue weighted by Crippen LogP contribution is -2.38. The summed E-state index contributed by atoms with van der Waals surface area (Å²) in [4.78, 5) is 17.0. The molecule has 1 aliphatic rings. The number of hydrogen-bond donors (Lipinski definition) is 1. The first-order chi connectivity index (χ1) is 9.25. The fourth-order valence-corrected chi connectivity index (χ4v) is 3.33. The van der Waals surface area contributed by atoms with Crippen molar-refractivity contribution in [2.45, 2.75) is 30.1 Å². The van der Waals surface area contributed by atoms with E-state index in [2.05, 4.69) is 26.2 Å². The van der Waals surface area contributed by atoms with Gasteiger partial charge in [-0.3, -0.25) is 9.78 Å². The van der Waals surface area contributed by atoms with E-state index in [0.717, 1.165) is 30.0 Å². The van der Waals surface area contributed by atoms with E-state index in [0.29, 0.717) is 10.5 Å². The summed E-state index contributed by atoms with van der Waals surface area (Å²) in [7, 11) is 0. The van der Waals surface area contributed by atoms with Crippen LogP contribution >= 0.6 is 15.9 Å². The Balaban J connectivity index is 1.89. The third-order valence-corrected chi connectivity index (χ3v) is 4.73. The van der Waals surface area contributed by atoms with E-state index in [9.17, 15) is 4.79 Å². The molecule has 4 heteroatoms. The van der Waals surface area contributed by atoms with Gasteiger partial charge in [0.25, 0.3) is 5.91 Å². The summed E-state index contributed by atoms with van der Waals surface area (Å²) >= 11 is 3.62. The zero-order valence-corrected chi connectivity index (χ0v) is 12.1. The zero-order chi connectivity index (χ0) is 13.2. The number of halogens is 1. The SMILES string of the molecule is O=C(NC1CCCC1Br)c1nccc2ccccc12. The zero-order valence-electron chi connectivity index (χ0n) is 10.5. The number of hydrogen-bond acceptors (Lipinski definition) is 2. The van der Waals surface area contributed by atoms with Crippen LogP contribution in [0.3, 0.4) is 0 Å². The molecule has 1 aliphatic carbocycles. The first kappa shape index (κ1) is 12.6. The third kappa shape index (κ3) is 2.50. The minimum atomic E-state index is -0.0758. The van der Waals surface area contributed by atoms with E-state index in [1.165, 1.54) is 0 Å². The first-order valence-electron chi connectivity index (χ1n) is 6.54. The van der Waals surface area contributed by atoms with Crippen molar-refractivity contribution in [3.05, 3.63) is 42.2 Å². The maximum Gasteiger partial charge on any atom is 0.270 e. The Morgan fingerprint density at radius 2 is 2.11 bits per heavy atom. The van der Waals surface area contributed by atoms with Crippen LogP contribution in [0.25, 0.3) is 10.8 Å². The summed E-state index contributed by atoms with van der Waals surface area (Å²) in [5, 5.41) is 5.04. The molecule has 1 fully saturated rings. The summed E-state index contributed by atoms with van der Waals surface area (Å²) in [6.45, 7) is 0. The molecular weight excluding hydrogens is 304 g/mol. The maximum absolute atomic E-state index is 12.4. The normalized spacial score (nSPS) is 22.6. The number of carbonyl (C=O) groups excluding carboxylic acids is 1. The van der Waals surface area contributed by atoms with Crippen molar-refractivity contribution in [3.63, 3.8) is 0 Å². The predicted molar refractivity (Wildman–Crippen MR) is 79.6 cm³/mol. The summed E-state index contributed by atoms with van der Waals surface area (Å²) in [6, 6.07) is 9.98. The van der Waals surface area contributed by atoms with Gasteiger partial charge in [0.2, 0.25) is 0 Å². The molecule has 1 amide bonds. The van der Waals surface area contributed by atoms with Crippen LogP contribution in [0.4, 0.5) is 0 Å². The van der Waals surface area contributed by atoms with Crippen LogP contribution in [-0.2, 0) is 0 Å². The van der Waals surface area contributed by atoms with E-state index in [1.807, 2.05) is 30.3 Å². The average molecular weight is 319 g/mol. The second kappa shape index (κ2) is 5.29. The largest absolute Gasteiger partial charge is 0.347 e. The molecule has 1 aromatic carbocycles. The third-order valence-electron chi connectivity index (χ3n) is 3.64. The molecular formula is C15H15BrN2O. The van der Waals surface area contributed by atoms with Crippen molar-refractivity contribution in [1.82, 2.24) is 10.3 Å². The molecule has 0 saturated heterocycles. The lowest BCUT2D eigenvalue weighted by atomic mass is 10.1. The molecule has 1 aromatic heterocycles. The molecule has 0 spiro atoms. The second-order valence-corrected chi connectivity index (χ2v) is 6.08. The van der Waals surface area contributed by atoms with Crippen molar-refractivity contribution in [3.8, 4) is 0 Å². The number of amides is 1. The highest BCUT2D eigenvalue weighted by atomic mass is 79.9. The molecule has 98 valence electrons. The van der Waals surface area contributed by atoms with Gasteiger partial charge in [0.05, 0.1) is 0 Å². The quantitative estimate of drug-likeness (QED) is 0.863. The molecule has 3 rings (SSSR count). The smallest absolute Gasteiger partial charge is 0.270 e. The van der Waals surface area contributed by atoms with Gasteiger partial charge in [0, 0.05) is 22.5 Å². The molecule has 1 heterocycles. The number of fused-ring (bicyclic) bond motifs is 1. The number of pyridine rings is 1. The van der Waals surface area contributed by atoms with Gasteiger partial charge in [-0.25, -0.2) is 0 Å². The molecule has 3 nitrogen and oxygen atoms in total. The van der Waals surface area contributed by atoms with Crippen LogP contribution in [0.1, 0.15) is 29.8 Å². The van der Waals surface area contributed by atoms with Crippen molar-refractivity contribution >= 4 is 32.6 Å². The van der Waals surface area contributed by atoms with Gasteiger partial charge in [0.15, 0.2) is 0 Å². The van der Waals surface area contributed by atoms with Crippen LogP contribution in [0.2, 0.25) is 0 Å². The van der Waals surface area contributed by atoms with Crippen molar-refractivity contribution in [1.29, 1.82) is 0 Å². The Kier molecular flexibility index (Phi) is 3.51. The van der Waals surface area contributed by atoms with E-state index >= 15 is 0 Å². The number of aromatic nitrogens is 1. The summed E-state index contributed by atoms with van der Waals surface area (Å²) in [5.41, 5.74) is 0.518. The molecule has 0 aliphatic heterocycles. The predicted octanol–water partition coefficient (Wildman–Crippen LogP) is 3.28. The van der Waals surface area contributed by atoms with Crippen LogP contribution in [0.5, 0.6) is 0 Å². The maximum atomic E-state index is 12.4. The summed E-state index contributed by atoms with van der Waals surface area (Å²) in [5.74, 6) is -0.0758.